The second kappa shape index (κ2) is 6.02. The highest BCUT2D eigenvalue weighted by Gasteiger charge is 2.30. The quantitative estimate of drug-likeness (QED) is 0.849. The average molecular weight is 262 g/mol. The molecule has 0 amide bonds. The number of aliphatic hydroxyl groups is 1. The summed E-state index contributed by atoms with van der Waals surface area (Å²) in [4.78, 5) is 6.90. The number of hydrogen-bond donors (Lipinski definition) is 1. The predicted molar refractivity (Wildman–Crippen MR) is 80.4 cm³/mol. The van der Waals surface area contributed by atoms with Crippen molar-refractivity contribution >= 4 is 6.21 Å². The third kappa shape index (κ3) is 4.29. The Bertz CT molecular complexity index is 393. The van der Waals surface area contributed by atoms with Gasteiger partial charge in [0.25, 0.3) is 0 Å². The number of rotatable bonds is 3. The van der Waals surface area contributed by atoms with E-state index in [1.807, 2.05) is 27.0 Å². The molecule has 2 aliphatic rings. The zero-order valence-corrected chi connectivity index (χ0v) is 12.4. The van der Waals surface area contributed by atoms with Gasteiger partial charge in [0.05, 0.1) is 5.60 Å². The van der Waals surface area contributed by atoms with E-state index < -0.39 is 5.60 Å². The molecule has 2 heterocycles. The standard InChI is InChI=1S/C16H26N2O/c1-13-5-4-6-14(11-17-13)12-18-9-7-15(8-10-18)16(2,3)19/h5-6,11,15,19H,4,7-10,12H2,1-3H3. The minimum absolute atomic E-state index is 0.435. The Hall–Kier alpha value is -0.930. The van der Waals surface area contributed by atoms with E-state index in [9.17, 15) is 5.11 Å². The molecule has 1 fully saturated rings. The molecule has 0 bridgehead atoms. The van der Waals surface area contributed by atoms with Crippen LogP contribution in [0.1, 0.15) is 40.0 Å². The van der Waals surface area contributed by atoms with Gasteiger partial charge >= 0.3 is 0 Å². The van der Waals surface area contributed by atoms with Gasteiger partial charge in [-0.3, -0.25) is 9.89 Å². The molecule has 0 aliphatic carbocycles. The third-order valence-electron chi connectivity index (χ3n) is 4.22. The van der Waals surface area contributed by atoms with Gasteiger partial charge < -0.3 is 5.11 Å². The molecule has 0 spiro atoms. The Morgan fingerprint density at radius 3 is 2.63 bits per heavy atom. The minimum Gasteiger partial charge on any atom is -0.390 e. The molecule has 0 saturated carbocycles. The van der Waals surface area contributed by atoms with Gasteiger partial charge in [0.2, 0.25) is 0 Å². The SMILES string of the molecule is CC1=CCC=C(CN2CCC(C(C)(C)O)CC2)C=N1. The highest BCUT2D eigenvalue weighted by molar-refractivity contribution is 5.80. The van der Waals surface area contributed by atoms with E-state index >= 15 is 0 Å². The molecule has 0 radical (unpaired) electrons. The normalized spacial score (nSPS) is 22.9. The molecule has 1 N–H and O–H groups in total. The summed E-state index contributed by atoms with van der Waals surface area (Å²) in [5, 5.41) is 10.1. The van der Waals surface area contributed by atoms with Crippen LogP contribution in [0.2, 0.25) is 0 Å². The summed E-state index contributed by atoms with van der Waals surface area (Å²) >= 11 is 0. The Labute approximate surface area is 116 Å². The van der Waals surface area contributed by atoms with Gasteiger partial charge in [0.1, 0.15) is 0 Å². The highest BCUT2D eigenvalue weighted by atomic mass is 16.3. The number of aliphatic imine (C=N–C) groups is 1. The maximum Gasteiger partial charge on any atom is 0.0620 e. The van der Waals surface area contributed by atoms with Crippen LogP contribution in [0.3, 0.4) is 0 Å². The van der Waals surface area contributed by atoms with Crippen molar-refractivity contribution in [1.82, 2.24) is 4.90 Å². The maximum absolute atomic E-state index is 10.1. The molecule has 3 nitrogen and oxygen atoms in total. The number of piperidine rings is 1. The van der Waals surface area contributed by atoms with Gasteiger partial charge in [0.15, 0.2) is 0 Å². The number of likely N-dealkylation sites (tertiary alicyclic amines) is 1. The molecule has 3 heteroatoms. The van der Waals surface area contributed by atoms with Crippen molar-refractivity contribution in [3.8, 4) is 0 Å². The van der Waals surface area contributed by atoms with Gasteiger partial charge in [-0.2, -0.15) is 0 Å². The van der Waals surface area contributed by atoms with Crippen LogP contribution < -0.4 is 0 Å². The van der Waals surface area contributed by atoms with E-state index in [4.69, 9.17) is 0 Å². The lowest BCUT2D eigenvalue weighted by Gasteiger charge is -2.37. The topological polar surface area (TPSA) is 35.8 Å². The predicted octanol–water partition coefficient (Wildman–Crippen LogP) is 2.77. The Morgan fingerprint density at radius 2 is 2.00 bits per heavy atom. The summed E-state index contributed by atoms with van der Waals surface area (Å²) in [5.74, 6) is 0.435. The van der Waals surface area contributed by atoms with Crippen molar-refractivity contribution < 1.29 is 5.11 Å². The van der Waals surface area contributed by atoms with Crippen molar-refractivity contribution in [3.63, 3.8) is 0 Å². The molecule has 2 rings (SSSR count). The van der Waals surface area contributed by atoms with Gasteiger partial charge in [-0.1, -0.05) is 12.2 Å². The van der Waals surface area contributed by atoms with E-state index in [2.05, 4.69) is 22.0 Å². The molecule has 1 saturated heterocycles. The molecule has 0 aromatic carbocycles. The zero-order valence-electron chi connectivity index (χ0n) is 12.4. The van der Waals surface area contributed by atoms with E-state index in [-0.39, 0.29) is 0 Å². The van der Waals surface area contributed by atoms with Gasteiger partial charge in [-0.15, -0.1) is 0 Å². The van der Waals surface area contributed by atoms with Gasteiger partial charge in [-0.05, 0) is 64.6 Å². The fourth-order valence-corrected chi connectivity index (χ4v) is 2.83. The summed E-state index contributed by atoms with van der Waals surface area (Å²) in [6, 6.07) is 0. The fourth-order valence-electron chi connectivity index (χ4n) is 2.83. The second-order valence-electron chi connectivity index (χ2n) is 6.32. The summed E-state index contributed by atoms with van der Waals surface area (Å²) in [5.41, 5.74) is 1.89. The van der Waals surface area contributed by atoms with Crippen LogP contribution in [0.25, 0.3) is 0 Å². The number of nitrogens with zero attached hydrogens (tertiary/aromatic N) is 2. The first-order valence-corrected chi connectivity index (χ1v) is 7.30. The lowest BCUT2D eigenvalue weighted by atomic mass is 9.83. The molecule has 0 aromatic rings. The van der Waals surface area contributed by atoms with Crippen molar-refractivity contribution in [2.24, 2.45) is 10.9 Å². The molecule has 19 heavy (non-hydrogen) atoms. The Balaban J connectivity index is 1.83. The van der Waals surface area contributed by atoms with Crippen molar-refractivity contribution in [1.29, 1.82) is 0 Å². The monoisotopic (exact) mass is 262 g/mol. The molecule has 106 valence electrons. The van der Waals surface area contributed by atoms with Crippen LogP contribution >= 0.6 is 0 Å². The van der Waals surface area contributed by atoms with Crippen molar-refractivity contribution in [2.75, 3.05) is 19.6 Å². The molecular formula is C16H26N2O. The zero-order chi connectivity index (χ0) is 13.9. The summed E-state index contributed by atoms with van der Waals surface area (Å²) in [7, 11) is 0. The van der Waals surface area contributed by atoms with E-state index in [0.29, 0.717) is 5.92 Å². The van der Waals surface area contributed by atoms with Crippen LogP contribution in [0, 0.1) is 5.92 Å². The minimum atomic E-state index is -0.532. The summed E-state index contributed by atoms with van der Waals surface area (Å²) < 4.78 is 0. The first-order valence-electron chi connectivity index (χ1n) is 7.30. The fraction of sp³-hybridized carbons (Fsp3) is 0.688. The average Bonchev–Trinajstić information content (AvgIpc) is 2.54. The Morgan fingerprint density at radius 1 is 1.32 bits per heavy atom. The number of hydrogen-bond acceptors (Lipinski definition) is 3. The van der Waals surface area contributed by atoms with Gasteiger partial charge in [0, 0.05) is 18.5 Å². The van der Waals surface area contributed by atoms with E-state index in [1.54, 1.807) is 0 Å². The van der Waals surface area contributed by atoms with E-state index in [1.165, 1.54) is 5.57 Å². The lowest BCUT2D eigenvalue weighted by molar-refractivity contribution is -0.0112. The highest BCUT2D eigenvalue weighted by Crippen LogP contribution is 2.28. The first kappa shape index (κ1) is 14.5. The largest absolute Gasteiger partial charge is 0.390 e. The molecule has 2 aliphatic heterocycles. The van der Waals surface area contributed by atoms with Crippen LogP contribution in [0.4, 0.5) is 0 Å². The summed E-state index contributed by atoms with van der Waals surface area (Å²) in [6.45, 7) is 9.05. The van der Waals surface area contributed by atoms with E-state index in [0.717, 1.165) is 44.6 Å². The smallest absolute Gasteiger partial charge is 0.0620 e. The van der Waals surface area contributed by atoms with Crippen LogP contribution in [0.5, 0.6) is 0 Å². The maximum atomic E-state index is 10.1. The van der Waals surface area contributed by atoms with Gasteiger partial charge in [-0.25, -0.2) is 0 Å². The first-order chi connectivity index (χ1) is 8.95. The molecule has 0 atom stereocenters. The molecule has 0 aromatic heterocycles. The van der Waals surface area contributed by atoms with Crippen molar-refractivity contribution in [2.45, 2.75) is 45.6 Å². The second-order valence-corrected chi connectivity index (χ2v) is 6.32. The van der Waals surface area contributed by atoms with Crippen LogP contribution in [-0.4, -0.2) is 41.5 Å². The molecular weight excluding hydrogens is 236 g/mol. The Kier molecular flexibility index (Phi) is 4.58. The van der Waals surface area contributed by atoms with Crippen LogP contribution in [0.15, 0.2) is 28.4 Å². The number of allylic oxidation sites excluding steroid dienone is 3. The molecule has 0 unspecified atom stereocenters. The summed E-state index contributed by atoms with van der Waals surface area (Å²) in [6.07, 6.45) is 9.59. The van der Waals surface area contributed by atoms with Crippen molar-refractivity contribution in [3.05, 3.63) is 23.4 Å². The third-order valence-corrected chi connectivity index (χ3v) is 4.22. The lowest BCUT2D eigenvalue weighted by Crippen LogP contribution is -2.42. The van der Waals surface area contributed by atoms with Crippen LogP contribution in [-0.2, 0) is 0 Å².